The molecular formula is C19H25F5O9SSi. The molecule has 1 aromatic rings. The number of rotatable bonds is 11. The third-order valence-electron chi connectivity index (χ3n) is 4.91. The molecule has 1 aromatic carbocycles. The van der Waals surface area contributed by atoms with Gasteiger partial charge in [-0.2, -0.15) is 30.4 Å². The Morgan fingerprint density at radius 3 is 1.80 bits per heavy atom. The van der Waals surface area contributed by atoms with E-state index in [2.05, 4.69) is 8.92 Å². The molecule has 9 nitrogen and oxygen atoms in total. The molecular weight excluding hydrogens is 527 g/mol. The standard InChI is InChI=1S/C19H25F5O9SSi/c1-15(2,3)14(27)16(20,21)18(31-5,32-34(28,29)19(22,23)24)17(30-4,33-35)13(26)12(25)11-9-7-6-8-10-11/h6-10,13,26H,1-5,35H3/t13?,17-,18-/m0/s1. The van der Waals surface area contributed by atoms with E-state index in [0.29, 0.717) is 7.11 Å². The first kappa shape index (κ1) is 31.2. The number of aliphatic hydroxyl groups is 1. The summed E-state index contributed by atoms with van der Waals surface area (Å²) in [4.78, 5) is 25.6. The average molecular weight is 553 g/mol. The highest BCUT2D eigenvalue weighted by Crippen LogP contribution is 2.50. The van der Waals surface area contributed by atoms with Crippen LogP contribution >= 0.6 is 0 Å². The molecule has 0 saturated carbocycles. The molecule has 3 atom stereocenters. The van der Waals surface area contributed by atoms with E-state index >= 15 is 8.78 Å². The number of alkyl halides is 5. The van der Waals surface area contributed by atoms with Crippen molar-refractivity contribution in [3.8, 4) is 0 Å². The summed E-state index contributed by atoms with van der Waals surface area (Å²) < 4.78 is 113. The van der Waals surface area contributed by atoms with Gasteiger partial charge in [0, 0.05) is 25.2 Å². The van der Waals surface area contributed by atoms with Gasteiger partial charge in [-0.05, 0) is 0 Å². The van der Waals surface area contributed by atoms with Gasteiger partial charge >= 0.3 is 27.3 Å². The van der Waals surface area contributed by atoms with Gasteiger partial charge in [0.1, 0.15) is 10.5 Å². The van der Waals surface area contributed by atoms with Crippen LogP contribution in [-0.4, -0.2) is 78.9 Å². The van der Waals surface area contributed by atoms with Gasteiger partial charge in [0.25, 0.3) is 5.79 Å². The normalized spacial score (nSPS) is 17.9. The summed E-state index contributed by atoms with van der Waals surface area (Å²) in [7, 11) is -6.98. The van der Waals surface area contributed by atoms with Crippen LogP contribution < -0.4 is 0 Å². The highest BCUT2D eigenvalue weighted by atomic mass is 32.2. The minimum Gasteiger partial charge on any atom is -0.395 e. The minimum atomic E-state index is -6.98. The van der Waals surface area contributed by atoms with Crippen molar-refractivity contribution in [2.24, 2.45) is 5.41 Å². The Labute approximate surface area is 201 Å². The first-order chi connectivity index (χ1) is 15.7. The number of hydrogen-bond acceptors (Lipinski definition) is 9. The predicted molar refractivity (Wildman–Crippen MR) is 113 cm³/mol. The van der Waals surface area contributed by atoms with Crippen molar-refractivity contribution >= 4 is 32.2 Å². The molecule has 1 rings (SSSR count). The Morgan fingerprint density at radius 1 is 0.971 bits per heavy atom. The number of ether oxygens (including phenoxy) is 2. The van der Waals surface area contributed by atoms with Crippen LogP contribution in [0.1, 0.15) is 31.1 Å². The summed E-state index contributed by atoms with van der Waals surface area (Å²) in [5, 5.41) is 10.8. The lowest BCUT2D eigenvalue weighted by Gasteiger charge is -2.50. The molecule has 0 amide bonds. The third-order valence-corrected chi connectivity index (χ3v) is 6.54. The molecule has 0 fully saturated rings. The molecule has 0 aromatic heterocycles. The lowest BCUT2D eigenvalue weighted by molar-refractivity contribution is -0.416. The van der Waals surface area contributed by atoms with Gasteiger partial charge in [0.2, 0.25) is 5.78 Å². The van der Waals surface area contributed by atoms with E-state index in [1.807, 2.05) is 0 Å². The molecule has 0 radical (unpaired) electrons. The molecule has 200 valence electrons. The number of ketones is 2. The Kier molecular flexibility index (Phi) is 9.16. The lowest BCUT2D eigenvalue weighted by atomic mass is 9.79. The molecule has 1 unspecified atom stereocenters. The fraction of sp³-hybridized carbons (Fsp3) is 0.579. The Balaban J connectivity index is 4.11. The number of benzene rings is 1. The van der Waals surface area contributed by atoms with Crippen molar-refractivity contribution in [1.82, 2.24) is 0 Å². The summed E-state index contributed by atoms with van der Waals surface area (Å²) in [6, 6.07) is 6.28. The van der Waals surface area contributed by atoms with Crippen molar-refractivity contribution in [3.63, 3.8) is 0 Å². The maximum absolute atomic E-state index is 15.8. The van der Waals surface area contributed by atoms with Crippen molar-refractivity contribution < 1.29 is 63.1 Å². The molecule has 35 heavy (non-hydrogen) atoms. The SMILES string of the molecule is CO[C@](O[SiH3])(C(O)C(=O)c1ccccc1)[C@@](OC)(OS(=O)(=O)C(F)(F)F)C(F)(F)C(=O)C(C)(C)C. The molecule has 1 N–H and O–H groups in total. The number of hydrogen-bond donors (Lipinski definition) is 1. The molecule has 0 spiro atoms. The monoisotopic (exact) mass is 552 g/mol. The molecule has 0 aliphatic heterocycles. The Morgan fingerprint density at radius 2 is 1.46 bits per heavy atom. The lowest BCUT2D eigenvalue weighted by Crippen LogP contribution is -2.77. The largest absolute Gasteiger partial charge is 0.523 e. The van der Waals surface area contributed by atoms with Gasteiger partial charge < -0.3 is 19.0 Å². The van der Waals surface area contributed by atoms with Crippen molar-refractivity contribution in [2.45, 2.75) is 49.9 Å². The summed E-state index contributed by atoms with van der Waals surface area (Å²) >= 11 is 0. The second kappa shape index (κ2) is 10.3. The number of Topliss-reactive ketones (excluding diaryl/α,β-unsaturated/α-hetero) is 2. The number of aliphatic hydroxyl groups excluding tert-OH is 1. The van der Waals surface area contributed by atoms with Crippen LogP contribution in [0.15, 0.2) is 30.3 Å². The smallest absolute Gasteiger partial charge is 0.395 e. The quantitative estimate of drug-likeness (QED) is 0.108. The van der Waals surface area contributed by atoms with Gasteiger partial charge in [-0.3, -0.25) is 9.59 Å². The molecule has 0 heterocycles. The maximum Gasteiger partial charge on any atom is 0.523 e. The topological polar surface area (TPSA) is 125 Å². The first-order valence-electron chi connectivity index (χ1n) is 9.59. The molecule has 0 bridgehead atoms. The van der Waals surface area contributed by atoms with E-state index in [9.17, 15) is 36.3 Å². The number of carbonyl (C=O) groups is 2. The highest BCUT2D eigenvalue weighted by Gasteiger charge is 2.79. The van der Waals surface area contributed by atoms with E-state index < -0.39 is 66.7 Å². The van der Waals surface area contributed by atoms with E-state index in [1.165, 1.54) is 18.2 Å². The van der Waals surface area contributed by atoms with Gasteiger partial charge in [-0.15, -0.1) is 0 Å². The minimum absolute atomic E-state index is 0.268. The van der Waals surface area contributed by atoms with Crippen molar-refractivity contribution in [1.29, 1.82) is 0 Å². The van der Waals surface area contributed by atoms with Crippen LogP contribution in [0, 0.1) is 5.41 Å². The van der Waals surface area contributed by atoms with Crippen molar-refractivity contribution in [3.05, 3.63) is 35.9 Å². The van der Waals surface area contributed by atoms with Crippen LogP contribution in [0.25, 0.3) is 0 Å². The zero-order valence-corrected chi connectivity index (χ0v) is 22.3. The van der Waals surface area contributed by atoms with E-state index in [-0.39, 0.29) is 12.7 Å². The van der Waals surface area contributed by atoms with Crippen molar-refractivity contribution in [2.75, 3.05) is 14.2 Å². The summed E-state index contributed by atoms with van der Waals surface area (Å²) in [6.07, 6.45) is -2.98. The fourth-order valence-corrected chi connectivity index (χ4v) is 4.50. The molecule has 0 saturated heterocycles. The fourth-order valence-electron chi connectivity index (χ4n) is 3.14. The Hall–Kier alpha value is -1.82. The molecule has 0 aliphatic carbocycles. The van der Waals surface area contributed by atoms with Gasteiger partial charge in [0.05, 0.1) is 0 Å². The van der Waals surface area contributed by atoms with E-state index in [0.717, 1.165) is 32.9 Å². The highest BCUT2D eigenvalue weighted by molar-refractivity contribution is 7.87. The first-order valence-corrected chi connectivity index (χ1v) is 11.8. The summed E-state index contributed by atoms with van der Waals surface area (Å²) in [6.45, 7) is 2.84. The predicted octanol–water partition coefficient (Wildman–Crippen LogP) is 1.33. The maximum atomic E-state index is 15.8. The molecule has 16 heteroatoms. The zero-order chi connectivity index (χ0) is 27.7. The van der Waals surface area contributed by atoms with Gasteiger partial charge in [-0.1, -0.05) is 51.1 Å². The zero-order valence-electron chi connectivity index (χ0n) is 19.5. The number of halogens is 5. The van der Waals surface area contributed by atoms with Crippen LogP contribution in [0.5, 0.6) is 0 Å². The van der Waals surface area contributed by atoms with Crippen LogP contribution in [-0.2, 0) is 33.0 Å². The third kappa shape index (κ3) is 5.33. The van der Waals surface area contributed by atoms with E-state index in [4.69, 9.17) is 9.16 Å². The average Bonchev–Trinajstić information content (AvgIpc) is 2.76. The Bertz CT molecular complexity index is 1020. The second-order valence-electron chi connectivity index (χ2n) is 8.17. The van der Waals surface area contributed by atoms with Gasteiger partial charge in [0.15, 0.2) is 11.9 Å². The summed E-state index contributed by atoms with van der Waals surface area (Å²) in [5.41, 5.74) is -8.68. The van der Waals surface area contributed by atoms with Crippen LogP contribution in [0.4, 0.5) is 22.0 Å². The number of carbonyl (C=O) groups excluding carboxylic acids is 2. The van der Waals surface area contributed by atoms with E-state index in [1.54, 1.807) is 0 Å². The second-order valence-corrected chi connectivity index (χ2v) is 10.1. The van der Waals surface area contributed by atoms with Crippen LogP contribution in [0.2, 0.25) is 0 Å². The van der Waals surface area contributed by atoms with Gasteiger partial charge in [-0.25, -0.2) is 4.18 Å². The van der Waals surface area contributed by atoms with Crippen LogP contribution in [0.3, 0.4) is 0 Å². The molecule has 0 aliphatic rings. The summed E-state index contributed by atoms with van der Waals surface area (Å²) in [5.74, 6) is -17.4. The number of methoxy groups -OCH3 is 2.